The van der Waals surface area contributed by atoms with Crippen LogP contribution in [0.3, 0.4) is 0 Å². The predicted molar refractivity (Wildman–Crippen MR) is 69.9 cm³/mol. The van der Waals surface area contributed by atoms with Gasteiger partial charge in [-0.15, -0.1) is 0 Å². The zero-order valence-corrected chi connectivity index (χ0v) is 12.1. The highest BCUT2D eigenvalue weighted by Gasteiger charge is 2.37. The van der Waals surface area contributed by atoms with Crippen molar-refractivity contribution in [3.8, 4) is 0 Å². The molecule has 1 rings (SSSR count). The van der Waals surface area contributed by atoms with E-state index in [2.05, 4.69) is 0 Å². The van der Waals surface area contributed by atoms with Crippen molar-refractivity contribution in [2.75, 3.05) is 6.61 Å². The number of carboxylic acid groups (broad SMARTS) is 1. The van der Waals surface area contributed by atoms with Gasteiger partial charge >= 0.3 is 5.97 Å². The molecule has 0 saturated carbocycles. The number of aliphatic hydroxyl groups excluding tert-OH is 1. The van der Waals surface area contributed by atoms with Crippen molar-refractivity contribution in [2.45, 2.75) is 17.4 Å². The van der Waals surface area contributed by atoms with Gasteiger partial charge in [-0.1, -0.05) is 23.2 Å². The van der Waals surface area contributed by atoms with E-state index in [1.165, 1.54) is 6.07 Å². The fourth-order valence-corrected chi connectivity index (χ4v) is 3.27. The van der Waals surface area contributed by atoms with Crippen LogP contribution in [0.1, 0.15) is 6.92 Å². The molecular weight excluding hydrogens is 317 g/mol. The Morgan fingerprint density at radius 3 is 2.16 bits per heavy atom. The second kappa shape index (κ2) is 5.64. The van der Waals surface area contributed by atoms with E-state index in [0.29, 0.717) is 0 Å². The van der Waals surface area contributed by atoms with E-state index in [4.69, 9.17) is 33.4 Å². The largest absolute Gasteiger partial charge is 0.480 e. The maximum Gasteiger partial charge on any atom is 0.327 e. The maximum atomic E-state index is 12.0. The average molecular weight is 328 g/mol. The number of carboxylic acids is 1. The van der Waals surface area contributed by atoms with Gasteiger partial charge in [0.2, 0.25) is 10.0 Å². The molecule has 1 aromatic carbocycles. The molecule has 0 saturated heterocycles. The number of rotatable bonds is 5. The third kappa shape index (κ3) is 3.80. The van der Waals surface area contributed by atoms with E-state index >= 15 is 0 Å². The lowest BCUT2D eigenvalue weighted by molar-refractivity contribution is -0.144. The fourth-order valence-electron chi connectivity index (χ4n) is 1.18. The Labute approximate surface area is 120 Å². The second-order valence-corrected chi connectivity index (χ2v) is 6.56. The Kier molecular flexibility index (Phi) is 4.81. The van der Waals surface area contributed by atoms with Crippen molar-refractivity contribution < 1.29 is 23.4 Å². The van der Waals surface area contributed by atoms with Crippen LogP contribution in [0.5, 0.6) is 0 Å². The summed E-state index contributed by atoms with van der Waals surface area (Å²) >= 11 is 11.4. The summed E-state index contributed by atoms with van der Waals surface area (Å²) < 4.78 is 25.9. The van der Waals surface area contributed by atoms with Crippen LogP contribution in [0.25, 0.3) is 0 Å². The Hall–Kier alpha value is -0.860. The van der Waals surface area contributed by atoms with Crippen LogP contribution in [0, 0.1) is 0 Å². The molecule has 0 aliphatic heterocycles. The molecule has 0 bridgehead atoms. The highest BCUT2D eigenvalue weighted by molar-refractivity contribution is 7.89. The van der Waals surface area contributed by atoms with Gasteiger partial charge in [-0.05, 0) is 25.1 Å². The number of nitrogens with one attached hydrogen (secondary N) is 1. The van der Waals surface area contributed by atoms with E-state index in [-0.39, 0.29) is 14.9 Å². The Bertz CT molecular complexity index is 584. The highest BCUT2D eigenvalue weighted by atomic mass is 35.5. The van der Waals surface area contributed by atoms with Crippen molar-refractivity contribution in [1.82, 2.24) is 4.72 Å². The van der Waals surface area contributed by atoms with E-state index in [1.54, 1.807) is 0 Å². The van der Waals surface area contributed by atoms with E-state index in [0.717, 1.165) is 19.1 Å². The van der Waals surface area contributed by atoms with E-state index in [9.17, 15) is 13.2 Å². The number of aliphatic carboxylic acids is 1. The number of carbonyl (C=O) groups is 1. The highest BCUT2D eigenvalue weighted by Crippen LogP contribution is 2.23. The zero-order valence-electron chi connectivity index (χ0n) is 9.72. The molecule has 0 aliphatic carbocycles. The van der Waals surface area contributed by atoms with E-state index < -0.39 is 28.1 Å². The molecule has 0 aliphatic rings. The summed E-state index contributed by atoms with van der Waals surface area (Å²) in [6.45, 7) is 0.134. The molecule has 19 heavy (non-hydrogen) atoms. The maximum absolute atomic E-state index is 12.0. The number of hydrogen-bond donors (Lipinski definition) is 3. The molecule has 0 fully saturated rings. The molecule has 1 atom stereocenters. The van der Waals surface area contributed by atoms with Gasteiger partial charge < -0.3 is 10.2 Å². The number of hydrogen-bond acceptors (Lipinski definition) is 4. The van der Waals surface area contributed by atoms with Crippen LogP contribution < -0.4 is 4.72 Å². The summed E-state index contributed by atoms with van der Waals surface area (Å²) in [5.41, 5.74) is -2.03. The van der Waals surface area contributed by atoms with Crippen molar-refractivity contribution in [3.63, 3.8) is 0 Å². The SMILES string of the molecule is C[C@@](CO)(NS(=O)(=O)c1cc(Cl)cc(Cl)c1)C(=O)O. The minimum Gasteiger partial charge on any atom is -0.480 e. The summed E-state index contributed by atoms with van der Waals surface area (Å²) in [5, 5.41) is 18.1. The molecule has 6 nitrogen and oxygen atoms in total. The van der Waals surface area contributed by atoms with Crippen LogP contribution in [0.15, 0.2) is 23.1 Å². The van der Waals surface area contributed by atoms with Gasteiger partial charge in [-0.25, -0.2) is 8.42 Å². The number of benzene rings is 1. The first-order chi connectivity index (χ1) is 8.60. The van der Waals surface area contributed by atoms with Gasteiger partial charge in [0.1, 0.15) is 5.54 Å². The van der Waals surface area contributed by atoms with Crippen molar-refractivity contribution in [1.29, 1.82) is 0 Å². The number of aliphatic hydroxyl groups is 1. The predicted octanol–water partition coefficient (Wildman–Crippen LogP) is 1.11. The molecule has 9 heteroatoms. The molecule has 0 unspecified atom stereocenters. The smallest absolute Gasteiger partial charge is 0.327 e. The zero-order chi connectivity index (χ0) is 14.8. The summed E-state index contributed by atoms with van der Waals surface area (Å²) in [6, 6.07) is 3.58. The molecule has 106 valence electrons. The molecule has 0 aromatic heterocycles. The van der Waals surface area contributed by atoms with Crippen LogP contribution in [0.2, 0.25) is 10.0 Å². The third-order valence-electron chi connectivity index (χ3n) is 2.29. The van der Waals surface area contributed by atoms with Crippen molar-refractivity contribution in [2.24, 2.45) is 0 Å². The summed E-state index contributed by atoms with van der Waals surface area (Å²) in [7, 11) is -4.18. The first-order valence-electron chi connectivity index (χ1n) is 4.95. The Balaban J connectivity index is 3.21. The number of halogens is 2. The van der Waals surface area contributed by atoms with Crippen LogP contribution in [-0.2, 0) is 14.8 Å². The van der Waals surface area contributed by atoms with Gasteiger partial charge in [0.15, 0.2) is 0 Å². The molecule has 0 amide bonds. The molecule has 0 spiro atoms. The Morgan fingerprint density at radius 1 is 1.32 bits per heavy atom. The van der Waals surface area contributed by atoms with Crippen LogP contribution >= 0.6 is 23.2 Å². The van der Waals surface area contributed by atoms with Crippen LogP contribution in [0.4, 0.5) is 0 Å². The first kappa shape index (κ1) is 16.2. The molecule has 3 N–H and O–H groups in total. The normalized spacial score (nSPS) is 14.9. The minimum absolute atomic E-state index is 0.0916. The van der Waals surface area contributed by atoms with Crippen LogP contribution in [-0.4, -0.2) is 36.7 Å². The number of sulfonamides is 1. The molecule has 1 aromatic rings. The fraction of sp³-hybridized carbons (Fsp3) is 0.300. The van der Waals surface area contributed by atoms with Gasteiger partial charge in [0, 0.05) is 10.0 Å². The lowest BCUT2D eigenvalue weighted by atomic mass is 10.1. The van der Waals surface area contributed by atoms with Crippen molar-refractivity contribution in [3.05, 3.63) is 28.2 Å². The minimum atomic E-state index is -4.18. The first-order valence-corrected chi connectivity index (χ1v) is 7.19. The summed E-state index contributed by atoms with van der Waals surface area (Å²) in [4.78, 5) is 10.7. The van der Waals surface area contributed by atoms with Gasteiger partial charge in [-0.2, -0.15) is 4.72 Å². The topological polar surface area (TPSA) is 104 Å². The molecule has 0 heterocycles. The standard InChI is InChI=1S/C10H11Cl2NO5S/c1-10(5-14,9(15)16)13-19(17,18)8-3-6(11)2-7(12)4-8/h2-4,13-14H,5H2,1H3,(H,15,16)/t10-/m0/s1. The third-order valence-corrected chi connectivity index (χ3v) is 4.31. The summed E-state index contributed by atoms with van der Waals surface area (Å²) in [5.74, 6) is -1.51. The monoisotopic (exact) mass is 327 g/mol. The molecular formula is C10H11Cl2NO5S. The van der Waals surface area contributed by atoms with E-state index in [1.807, 2.05) is 4.72 Å². The van der Waals surface area contributed by atoms with Gasteiger partial charge in [0.25, 0.3) is 0 Å². The average Bonchev–Trinajstić information content (AvgIpc) is 2.26. The summed E-state index contributed by atoms with van der Waals surface area (Å²) in [6.07, 6.45) is 0. The molecule has 0 radical (unpaired) electrons. The van der Waals surface area contributed by atoms with Gasteiger partial charge in [0.05, 0.1) is 11.5 Å². The Morgan fingerprint density at radius 2 is 1.79 bits per heavy atom. The lowest BCUT2D eigenvalue weighted by Crippen LogP contribution is -2.54. The lowest BCUT2D eigenvalue weighted by Gasteiger charge is -2.23. The second-order valence-electron chi connectivity index (χ2n) is 4.01. The van der Waals surface area contributed by atoms with Gasteiger partial charge in [-0.3, -0.25) is 4.79 Å². The quantitative estimate of drug-likeness (QED) is 0.751. The van der Waals surface area contributed by atoms with Crippen molar-refractivity contribution >= 4 is 39.2 Å².